The molecular weight excluding hydrogens is 266 g/mol. The fourth-order valence-electron chi connectivity index (χ4n) is 3.14. The van der Waals surface area contributed by atoms with Crippen molar-refractivity contribution in [3.8, 4) is 11.5 Å². The smallest absolute Gasteiger partial charge is 0.166 e. The lowest BCUT2D eigenvalue weighted by molar-refractivity contribution is 0.146. The third kappa shape index (κ3) is 1.94. The van der Waals surface area contributed by atoms with Gasteiger partial charge in [0.25, 0.3) is 0 Å². The van der Waals surface area contributed by atoms with E-state index in [0.717, 1.165) is 22.7 Å². The Morgan fingerprint density at radius 2 is 1.90 bits per heavy atom. The van der Waals surface area contributed by atoms with Gasteiger partial charge in [0, 0.05) is 11.5 Å². The molecule has 0 saturated carbocycles. The third-order valence-corrected chi connectivity index (χ3v) is 4.13. The molecule has 2 aromatic carbocycles. The van der Waals surface area contributed by atoms with E-state index < -0.39 is 0 Å². The lowest BCUT2D eigenvalue weighted by Crippen LogP contribution is -2.31. The van der Waals surface area contributed by atoms with Crippen molar-refractivity contribution >= 4 is 5.69 Å². The second-order valence-corrected chi connectivity index (χ2v) is 5.35. The maximum absolute atomic E-state index is 5.93. The molecular formula is C17H17NO3. The fraction of sp³-hybridized carbons (Fsp3) is 0.294. The summed E-state index contributed by atoms with van der Waals surface area (Å²) in [4.78, 5) is 5.93. The maximum atomic E-state index is 5.93. The Balaban J connectivity index is 1.79. The number of ether oxygens (including phenoxy) is 2. The number of rotatable bonds is 2. The monoisotopic (exact) mass is 283 g/mol. The molecule has 4 nitrogen and oxygen atoms in total. The minimum absolute atomic E-state index is 0.172. The molecule has 21 heavy (non-hydrogen) atoms. The van der Waals surface area contributed by atoms with Crippen LogP contribution in [-0.4, -0.2) is 20.3 Å². The van der Waals surface area contributed by atoms with Crippen molar-refractivity contribution in [2.24, 2.45) is 5.92 Å². The third-order valence-electron chi connectivity index (χ3n) is 4.13. The zero-order valence-corrected chi connectivity index (χ0v) is 11.9. The number of benzene rings is 2. The molecule has 0 aromatic heterocycles. The molecule has 2 aliphatic rings. The predicted molar refractivity (Wildman–Crippen MR) is 79.6 cm³/mol. The highest BCUT2D eigenvalue weighted by Gasteiger charge is 2.42. The molecule has 2 heterocycles. The number of hydrogen-bond donors (Lipinski definition) is 0. The Morgan fingerprint density at radius 3 is 2.71 bits per heavy atom. The zero-order chi connectivity index (χ0) is 14.2. The molecule has 0 N–H and O–H groups in total. The van der Waals surface area contributed by atoms with Gasteiger partial charge < -0.3 is 9.47 Å². The number of hydrogen-bond acceptors (Lipinski definition) is 4. The molecule has 1 saturated heterocycles. The fourth-order valence-corrected chi connectivity index (χ4v) is 3.14. The van der Waals surface area contributed by atoms with Gasteiger partial charge in [-0.2, -0.15) is 0 Å². The molecule has 2 aliphatic heterocycles. The van der Waals surface area contributed by atoms with E-state index in [-0.39, 0.29) is 6.04 Å². The van der Waals surface area contributed by atoms with Gasteiger partial charge in [0.2, 0.25) is 0 Å². The molecule has 108 valence electrons. The van der Waals surface area contributed by atoms with Crippen LogP contribution < -0.4 is 14.5 Å². The summed E-state index contributed by atoms with van der Waals surface area (Å²) in [6.45, 7) is 1.33. The van der Waals surface area contributed by atoms with Crippen molar-refractivity contribution in [1.29, 1.82) is 0 Å². The van der Waals surface area contributed by atoms with Gasteiger partial charge in [-0.15, -0.1) is 0 Å². The van der Waals surface area contributed by atoms with Crippen LogP contribution in [-0.2, 0) is 4.84 Å². The quantitative estimate of drug-likeness (QED) is 0.847. The molecule has 0 bridgehead atoms. The first-order valence-corrected chi connectivity index (χ1v) is 7.15. The van der Waals surface area contributed by atoms with Crippen LogP contribution in [0.3, 0.4) is 0 Å². The summed E-state index contributed by atoms with van der Waals surface area (Å²) in [6, 6.07) is 16.4. The molecule has 0 unspecified atom stereocenters. The number of para-hydroxylation sites is 2. The first-order chi connectivity index (χ1) is 10.4. The van der Waals surface area contributed by atoms with Gasteiger partial charge in [0.1, 0.15) is 0 Å². The van der Waals surface area contributed by atoms with E-state index in [1.807, 2.05) is 35.4 Å². The van der Waals surface area contributed by atoms with E-state index in [2.05, 4.69) is 18.2 Å². The standard InChI is InChI=1S/C17H17NO3/c1-19-15-9-5-8-14-16-12(10-20-17(14)15)11-21-18(16)13-6-3-2-4-7-13/h2-9,12,16H,10-11H2,1H3/t12-,16+/m0/s1. The predicted octanol–water partition coefficient (Wildman–Crippen LogP) is 3.20. The molecule has 1 fully saturated rings. The summed E-state index contributed by atoms with van der Waals surface area (Å²) >= 11 is 0. The van der Waals surface area contributed by atoms with E-state index in [9.17, 15) is 0 Å². The summed E-state index contributed by atoms with van der Waals surface area (Å²) in [5, 5.41) is 2.01. The lowest BCUT2D eigenvalue weighted by Gasteiger charge is -2.33. The highest BCUT2D eigenvalue weighted by atomic mass is 16.7. The average molecular weight is 283 g/mol. The van der Waals surface area contributed by atoms with Gasteiger partial charge in [0.15, 0.2) is 11.5 Å². The van der Waals surface area contributed by atoms with E-state index in [4.69, 9.17) is 14.3 Å². The normalized spacial score (nSPS) is 23.2. The minimum Gasteiger partial charge on any atom is -0.493 e. The molecule has 4 rings (SSSR count). The van der Waals surface area contributed by atoms with Gasteiger partial charge >= 0.3 is 0 Å². The minimum atomic E-state index is 0.172. The van der Waals surface area contributed by atoms with Gasteiger partial charge in [-0.25, -0.2) is 5.06 Å². The topological polar surface area (TPSA) is 30.9 Å². The Hall–Kier alpha value is -2.20. The first-order valence-electron chi connectivity index (χ1n) is 7.15. The van der Waals surface area contributed by atoms with Crippen molar-refractivity contribution < 1.29 is 14.3 Å². The molecule has 0 radical (unpaired) electrons. The van der Waals surface area contributed by atoms with Crippen LogP contribution in [0.1, 0.15) is 11.6 Å². The maximum Gasteiger partial charge on any atom is 0.166 e. The Labute approximate surface area is 123 Å². The average Bonchev–Trinajstić information content (AvgIpc) is 2.99. The number of nitrogens with zero attached hydrogens (tertiary/aromatic N) is 1. The summed E-state index contributed by atoms with van der Waals surface area (Å²) in [5.74, 6) is 1.96. The van der Waals surface area contributed by atoms with Gasteiger partial charge in [0.05, 0.1) is 32.1 Å². The summed E-state index contributed by atoms with van der Waals surface area (Å²) < 4.78 is 11.3. The summed E-state index contributed by atoms with van der Waals surface area (Å²) in [6.07, 6.45) is 0. The van der Waals surface area contributed by atoms with Crippen LogP contribution in [0.15, 0.2) is 48.5 Å². The van der Waals surface area contributed by atoms with Gasteiger partial charge in [-0.1, -0.05) is 30.3 Å². The SMILES string of the molecule is COc1cccc2c1OC[C@H]1CON(c3ccccc3)[C@@H]21. The Morgan fingerprint density at radius 1 is 1.05 bits per heavy atom. The molecule has 2 aromatic rings. The number of hydroxylamine groups is 1. The van der Waals surface area contributed by atoms with E-state index in [1.54, 1.807) is 7.11 Å². The Bertz CT molecular complexity index is 644. The molecule has 0 amide bonds. The number of anilines is 1. The number of methoxy groups -OCH3 is 1. The van der Waals surface area contributed by atoms with Crippen molar-refractivity contribution in [2.45, 2.75) is 6.04 Å². The second-order valence-electron chi connectivity index (χ2n) is 5.35. The van der Waals surface area contributed by atoms with Crippen LogP contribution >= 0.6 is 0 Å². The zero-order valence-electron chi connectivity index (χ0n) is 11.9. The van der Waals surface area contributed by atoms with Crippen LogP contribution in [0.4, 0.5) is 5.69 Å². The van der Waals surface area contributed by atoms with Crippen LogP contribution in [0.25, 0.3) is 0 Å². The molecule has 0 aliphatic carbocycles. The number of fused-ring (bicyclic) bond motifs is 3. The van der Waals surface area contributed by atoms with Crippen molar-refractivity contribution in [2.75, 3.05) is 25.4 Å². The van der Waals surface area contributed by atoms with E-state index in [0.29, 0.717) is 19.1 Å². The van der Waals surface area contributed by atoms with Crippen molar-refractivity contribution in [3.05, 3.63) is 54.1 Å². The highest BCUT2D eigenvalue weighted by molar-refractivity contribution is 5.55. The largest absolute Gasteiger partial charge is 0.493 e. The van der Waals surface area contributed by atoms with Crippen molar-refractivity contribution in [1.82, 2.24) is 0 Å². The van der Waals surface area contributed by atoms with Gasteiger partial charge in [-0.05, 0) is 18.2 Å². The summed E-state index contributed by atoms with van der Waals surface area (Å²) in [5.41, 5.74) is 2.20. The van der Waals surface area contributed by atoms with Crippen LogP contribution in [0.5, 0.6) is 11.5 Å². The summed E-state index contributed by atoms with van der Waals surface area (Å²) in [7, 11) is 1.67. The highest BCUT2D eigenvalue weighted by Crippen LogP contribution is 2.48. The first kappa shape index (κ1) is 12.5. The Kier molecular flexibility index (Phi) is 2.97. The van der Waals surface area contributed by atoms with Crippen LogP contribution in [0.2, 0.25) is 0 Å². The lowest BCUT2D eigenvalue weighted by atomic mass is 9.91. The molecule has 2 atom stereocenters. The van der Waals surface area contributed by atoms with Gasteiger partial charge in [-0.3, -0.25) is 4.84 Å². The van der Waals surface area contributed by atoms with E-state index >= 15 is 0 Å². The molecule has 4 heteroatoms. The van der Waals surface area contributed by atoms with Crippen molar-refractivity contribution in [3.63, 3.8) is 0 Å². The second kappa shape index (κ2) is 4.97. The van der Waals surface area contributed by atoms with E-state index in [1.165, 1.54) is 0 Å². The van der Waals surface area contributed by atoms with Crippen LogP contribution in [0, 0.1) is 5.92 Å². The molecule has 0 spiro atoms.